The van der Waals surface area contributed by atoms with Gasteiger partial charge in [-0.25, -0.2) is 0 Å². The standard InChI is InChI=1S/C15H19ClN2O2S/c16-13-4-2-1-3-12(13)15-18(14(19)11-21-15)6-5-17-7-9-20-10-8-17/h1-4,15H,5-11H2. The van der Waals surface area contributed by atoms with Gasteiger partial charge in [-0.2, -0.15) is 0 Å². The fraction of sp³-hybridized carbons (Fsp3) is 0.533. The number of halogens is 1. The van der Waals surface area contributed by atoms with Crippen molar-refractivity contribution in [3.05, 3.63) is 34.9 Å². The zero-order chi connectivity index (χ0) is 14.7. The first kappa shape index (κ1) is 15.2. The molecule has 2 heterocycles. The van der Waals surface area contributed by atoms with Crippen LogP contribution in [0.2, 0.25) is 5.02 Å². The zero-order valence-corrected chi connectivity index (χ0v) is 13.4. The van der Waals surface area contributed by atoms with E-state index >= 15 is 0 Å². The third-order valence-electron chi connectivity index (χ3n) is 3.90. The quantitative estimate of drug-likeness (QED) is 0.849. The lowest BCUT2D eigenvalue weighted by Gasteiger charge is -2.30. The van der Waals surface area contributed by atoms with Gasteiger partial charge in [-0.3, -0.25) is 9.69 Å². The van der Waals surface area contributed by atoms with Crippen LogP contribution in [0.1, 0.15) is 10.9 Å². The van der Waals surface area contributed by atoms with Gasteiger partial charge in [0, 0.05) is 36.8 Å². The van der Waals surface area contributed by atoms with Crippen molar-refractivity contribution < 1.29 is 9.53 Å². The van der Waals surface area contributed by atoms with Crippen LogP contribution in [-0.2, 0) is 9.53 Å². The van der Waals surface area contributed by atoms with Crippen LogP contribution in [0, 0.1) is 0 Å². The third-order valence-corrected chi connectivity index (χ3v) is 5.48. The van der Waals surface area contributed by atoms with Gasteiger partial charge in [0.15, 0.2) is 0 Å². The molecule has 0 aliphatic carbocycles. The van der Waals surface area contributed by atoms with Crippen LogP contribution in [0.4, 0.5) is 0 Å². The Kier molecular flexibility index (Phi) is 5.06. The molecular weight excluding hydrogens is 308 g/mol. The molecule has 21 heavy (non-hydrogen) atoms. The summed E-state index contributed by atoms with van der Waals surface area (Å²) in [6, 6.07) is 7.80. The van der Waals surface area contributed by atoms with Crippen molar-refractivity contribution >= 4 is 29.3 Å². The molecule has 2 fully saturated rings. The summed E-state index contributed by atoms with van der Waals surface area (Å²) in [6.45, 7) is 5.13. The highest BCUT2D eigenvalue weighted by Crippen LogP contribution is 2.41. The SMILES string of the molecule is O=C1CSC(c2ccccc2Cl)N1CCN1CCOCC1. The van der Waals surface area contributed by atoms with E-state index in [1.165, 1.54) is 0 Å². The predicted molar refractivity (Wildman–Crippen MR) is 85.6 cm³/mol. The Morgan fingerprint density at radius 2 is 2.00 bits per heavy atom. The number of rotatable bonds is 4. The number of morpholine rings is 1. The second-order valence-corrected chi connectivity index (χ2v) is 6.70. The maximum absolute atomic E-state index is 12.2. The van der Waals surface area contributed by atoms with Crippen molar-refractivity contribution in [3.63, 3.8) is 0 Å². The van der Waals surface area contributed by atoms with Gasteiger partial charge < -0.3 is 9.64 Å². The molecule has 114 valence electrons. The minimum absolute atomic E-state index is 0.0484. The summed E-state index contributed by atoms with van der Waals surface area (Å²) in [5.41, 5.74) is 1.04. The largest absolute Gasteiger partial charge is 0.379 e. The van der Waals surface area contributed by atoms with Gasteiger partial charge in [-0.05, 0) is 6.07 Å². The molecule has 2 aliphatic heterocycles. The van der Waals surface area contributed by atoms with Crippen LogP contribution in [0.15, 0.2) is 24.3 Å². The summed E-state index contributed by atoms with van der Waals surface area (Å²) in [5, 5.41) is 0.785. The topological polar surface area (TPSA) is 32.8 Å². The summed E-state index contributed by atoms with van der Waals surface area (Å²) in [5.74, 6) is 0.747. The van der Waals surface area contributed by atoms with E-state index in [0.29, 0.717) is 5.75 Å². The van der Waals surface area contributed by atoms with Crippen molar-refractivity contribution in [2.24, 2.45) is 0 Å². The van der Waals surface area contributed by atoms with Gasteiger partial charge in [0.1, 0.15) is 5.37 Å². The lowest BCUT2D eigenvalue weighted by molar-refractivity contribution is -0.128. The van der Waals surface area contributed by atoms with Gasteiger partial charge in [0.2, 0.25) is 5.91 Å². The Morgan fingerprint density at radius 1 is 1.24 bits per heavy atom. The van der Waals surface area contributed by atoms with E-state index in [4.69, 9.17) is 16.3 Å². The molecule has 2 saturated heterocycles. The van der Waals surface area contributed by atoms with Crippen LogP contribution in [0.3, 0.4) is 0 Å². The van der Waals surface area contributed by atoms with E-state index in [0.717, 1.165) is 50.0 Å². The smallest absolute Gasteiger partial charge is 0.233 e. The molecule has 1 aromatic rings. The second-order valence-electron chi connectivity index (χ2n) is 5.23. The van der Waals surface area contributed by atoms with Crippen molar-refractivity contribution in [1.82, 2.24) is 9.80 Å². The van der Waals surface area contributed by atoms with Crippen LogP contribution in [-0.4, -0.2) is 60.9 Å². The number of benzene rings is 1. The molecule has 0 radical (unpaired) electrons. The summed E-state index contributed by atoms with van der Waals surface area (Å²) in [7, 11) is 0. The first-order chi connectivity index (χ1) is 10.3. The average molecular weight is 327 g/mol. The van der Waals surface area contributed by atoms with E-state index in [2.05, 4.69) is 4.90 Å². The lowest BCUT2D eigenvalue weighted by Crippen LogP contribution is -2.42. The Balaban J connectivity index is 1.66. The minimum atomic E-state index is 0.0484. The van der Waals surface area contributed by atoms with Gasteiger partial charge in [-0.15, -0.1) is 11.8 Å². The second kappa shape index (κ2) is 7.01. The molecule has 1 atom stereocenters. The highest BCUT2D eigenvalue weighted by molar-refractivity contribution is 8.00. The molecule has 0 bridgehead atoms. The molecule has 1 amide bonds. The van der Waals surface area contributed by atoms with Crippen molar-refractivity contribution in [2.45, 2.75) is 5.37 Å². The van der Waals surface area contributed by atoms with E-state index in [9.17, 15) is 4.79 Å². The number of carbonyl (C=O) groups is 1. The fourth-order valence-corrected chi connectivity index (χ4v) is 4.26. The molecular formula is C15H19ClN2O2S. The lowest BCUT2D eigenvalue weighted by atomic mass is 10.2. The number of carbonyl (C=O) groups excluding carboxylic acids is 1. The van der Waals surface area contributed by atoms with Gasteiger partial charge in [-0.1, -0.05) is 29.8 Å². The monoisotopic (exact) mass is 326 g/mol. The first-order valence-electron chi connectivity index (χ1n) is 7.21. The Bertz CT molecular complexity index is 508. The third kappa shape index (κ3) is 3.54. The Morgan fingerprint density at radius 3 is 2.76 bits per heavy atom. The van der Waals surface area contributed by atoms with Crippen LogP contribution >= 0.6 is 23.4 Å². The predicted octanol–water partition coefficient (Wildman–Crippen LogP) is 2.25. The normalized spacial score (nSPS) is 23.8. The highest BCUT2D eigenvalue weighted by Gasteiger charge is 2.33. The van der Waals surface area contributed by atoms with Gasteiger partial charge in [0.25, 0.3) is 0 Å². The van der Waals surface area contributed by atoms with Crippen LogP contribution in [0.5, 0.6) is 0 Å². The van der Waals surface area contributed by atoms with E-state index in [1.54, 1.807) is 11.8 Å². The van der Waals surface area contributed by atoms with E-state index < -0.39 is 0 Å². The summed E-state index contributed by atoms with van der Waals surface area (Å²) < 4.78 is 5.36. The molecule has 0 saturated carbocycles. The first-order valence-corrected chi connectivity index (χ1v) is 8.64. The minimum Gasteiger partial charge on any atom is -0.379 e. The zero-order valence-electron chi connectivity index (χ0n) is 11.8. The van der Waals surface area contributed by atoms with Crippen LogP contribution < -0.4 is 0 Å². The molecule has 6 heteroatoms. The van der Waals surface area contributed by atoms with E-state index in [-0.39, 0.29) is 11.3 Å². The number of ether oxygens (including phenoxy) is 1. The number of amides is 1. The van der Waals surface area contributed by atoms with Gasteiger partial charge in [0.05, 0.1) is 19.0 Å². The Hall–Kier alpha value is -0.750. The maximum atomic E-state index is 12.2. The molecule has 4 nitrogen and oxygen atoms in total. The Labute approximate surface area is 134 Å². The number of thioether (sulfide) groups is 1. The number of hydrogen-bond donors (Lipinski definition) is 0. The molecule has 0 spiro atoms. The van der Waals surface area contributed by atoms with Gasteiger partial charge >= 0.3 is 0 Å². The number of nitrogens with zero attached hydrogens (tertiary/aromatic N) is 2. The molecule has 1 aromatic carbocycles. The molecule has 1 unspecified atom stereocenters. The fourth-order valence-electron chi connectivity index (χ4n) is 2.70. The number of hydrogen-bond acceptors (Lipinski definition) is 4. The molecule has 2 aliphatic rings. The summed E-state index contributed by atoms with van der Waals surface area (Å²) in [6.07, 6.45) is 0. The van der Waals surface area contributed by atoms with E-state index in [1.807, 2.05) is 29.2 Å². The molecule has 3 rings (SSSR count). The average Bonchev–Trinajstić information content (AvgIpc) is 2.88. The van der Waals surface area contributed by atoms with Crippen molar-refractivity contribution in [3.8, 4) is 0 Å². The molecule has 0 N–H and O–H groups in total. The van der Waals surface area contributed by atoms with Crippen molar-refractivity contribution in [2.75, 3.05) is 45.1 Å². The summed E-state index contributed by atoms with van der Waals surface area (Å²) in [4.78, 5) is 16.5. The highest BCUT2D eigenvalue weighted by atomic mass is 35.5. The van der Waals surface area contributed by atoms with Crippen molar-refractivity contribution in [1.29, 1.82) is 0 Å². The summed E-state index contributed by atoms with van der Waals surface area (Å²) >= 11 is 7.95. The maximum Gasteiger partial charge on any atom is 0.233 e. The molecule has 0 aromatic heterocycles. The van der Waals surface area contributed by atoms with Crippen LogP contribution in [0.25, 0.3) is 0 Å².